The maximum Gasteiger partial charge on any atom is 0.242 e. The van der Waals surface area contributed by atoms with Gasteiger partial charge < -0.3 is 5.32 Å². The van der Waals surface area contributed by atoms with Gasteiger partial charge in [-0.25, -0.2) is 8.42 Å². The SMILES string of the molecule is CCc1ccc([C@@H](C)NC(=O)C2(S(=O)(=O)c3ccc(C)cc3)CCC2)cc1. The standard InChI is InChI=1S/C22H27NO3S/c1-4-18-8-10-19(11-9-18)17(3)23-21(24)22(14-5-15-22)27(25,26)20-12-6-16(2)7-13-20/h6-13,17H,4-5,14-15H2,1-3H3,(H,23,24)/t17-/m1/s1. The summed E-state index contributed by atoms with van der Waals surface area (Å²) >= 11 is 0. The van der Waals surface area contributed by atoms with E-state index in [-0.39, 0.29) is 16.8 Å². The molecular weight excluding hydrogens is 358 g/mol. The summed E-state index contributed by atoms with van der Waals surface area (Å²) in [6.07, 6.45) is 2.45. The Morgan fingerprint density at radius 2 is 1.67 bits per heavy atom. The first-order valence-corrected chi connectivity index (χ1v) is 11.0. The molecule has 1 saturated carbocycles. The molecule has 27 heavy (non-hydrogen) atoms. The molecule has 0 bridgehead atoms. The molecule has 0 saturated heterocycles. The summed E-state index contributed by atoms with van der Waals surface area (Å²) in [5, 5.41) is 2.95. The topological polar surface area (TPSA) is 63.2 Å². The number of hydrogen-bond donors (Lipinski definition) is 1. The van der Waals surface area contributed by atoms with Crippen molar-refractivity contribution in [2.45, 2.75) is 62.1 Å². The molecule has 2 aromatic rings. The summed E-state index contributed by atoms with van der Waals surface area (Å²) in [6, 6.07) is 14.6. The second-order valence-electron chi connectivity index (χ2n) is 7.45. The first kappa shape index (κ1) is 19.6. The van der Waals surface area contributed by atoms with Gasteiger partial charge >= 0.3 is 0 Å². The molecule has 0 spiro atoms. The highest BCUT2D eigenvalue weighted by atomic mass is 32.2. The van der Waals surface area contributed by atoms with Crippen LogP contribution < -0.4 is 5.32 Å². The average molecular weight is 386 g/mol. The molecular formula is C22H27NO3S. The summed E-state index contributed by atoms with van der Waals surface area (Å²) in [4.78, 5) is 13.3. The Morgan fingerprint density at radius 1 is 1.07 bits per heavy atom. The van der Waals surface area contributed by atoms with E-state index >= 15 is 0 Å². The van der Waals surface area contributed by atoms with Gasteiger partial charge in [-0.05, 0) is 62.8 Å². The third-order valence-corrected chi connectivity index (χ3v) is 8.17. The van der Waals surface area contributed by atoms with Gasteiger partial charge in [0.15, 0.2) is 14.6 Å². The van der Waals surface area contributed by atoms with Gasteiger partial charge in [0.2, 0.25) is 5.91 Å². The third kappa shape index (κ3) is 3.53. The Morgan fingerprint density at radius 3 is 2.15 bits per heavy atom. The second-order valence-corrected chi connectivity index (χ2v) is 9.71. The first-order chi connectivity index (χ1) is 12.8. The van der Waals surface area contributed by atoms with Crippen molar-refractivity contribution in [3.8, 4) is 0 Å². The Bertz CT molecular complexity index is 911. The lowest BCUT2D eigenvalue weighted by Crippen LogP contribution is -2.57. The Balaban J connectivity index is 1.83. The number of benzene rings is 2. The highest BCUT2D eigenvalue weighted by molar-refractivity contribution is 7.93. The normalized spacial score (nSPS) is 17.0. The highest BCUT2D eigenvalue weighted by Gasteiger charge is 2.55. The average Bonchev–Trinajstić information content (AvgIpc) is 2.60. The predicted molar refractivity (Wildman–Crippen MR) is 107 cm³/mol. The summed E-state index contributed by atoms with van der Waals surface area (Å²) in [7, 11) is -3.73. The van der Waals surface area contributed by atoms with Crippen LogP contribution >= 0.6 is 0 Å². The fraction of sp³-hybridized carbons (Fsp3) is 0.409. The lowest BCUT2D eigenvalue weighted by Gasteiger charge is -2.40. The van der Waals surface area contributed by atoms with E-state index in [1.54, 1.807) is 24.3 Å². The van der Waals surface area contributed by atoms with E-state index in [1.807, 2.05) is 38.1 Å². The van der Waals surface area contributed by atoms with Crippen molar-refractivity contribution in [1.82, 2.24) is 5.32 Å². The minimum absolute atomic E-state index is 0.225. The third-order valence-electron chi connectivity index (χ3n) is 5.66. The van der Waals surface area contributed by atoms with E-state index in [9.17, 15) is 13.2 Å². The first-order valence-electron chi connectivity index (χ1n) is 9.51. The van der Waals surface area contributed by atoms with Crippen LogP contribution in [0, 0.1) is 6.92 Å². The molecule has 0 aliphatic heterocycles. The molecule has 1 aliphatic rings. The van der Waals surface area contributed by atoms with Crippen molar-refractivity contribution in [3.63, 3.8) is 0 Å². The molecule has 0 aromatic heterocycles. The molecule has 2 aromatic carbocycles. The fourth-order valence-corrected chi connectivity index (χ4v) is 5.59. The molecule has 1 atom stereocenters. The smallest absolute Gasteiger partial charge is 0.242 e. The molecule has 5 heteroatoms. The molecule has 1 amide bonds. The van der Waals surface area contributed by atoms with Crippen LogP contribution in [0.2, 0.25) is 0 Å². The summed E-state index contributed by atoms with van der Waals surface area (Å²) in [5.74, 6) is -0.388. The maximum absolute atomic E-state index is 13.2. The van der Waals surface area contributed by atoms with E-state index in [4.69, 9.17) is 0 Å². The molecule has 0 heterocycles. The minimum atomic E-state index is -3.73. The quantitative estimate of drug-likeness (QED) is 0.813. The summed E-state index contributed by atoms with van der Waals surface area (Å²) in [6.45, 7) is 5.90. The maximum atomic E-state index is 13.2. The Labute approximate surface area is 161 Å². The highest BCUT2D eigenvalue weighted by Crippen LogP contribution is 2.43. The van der Waals surface area contributed by atoms with Crippen LogP contribution in [-0.4, -0.2) is 19.1 Å². The van der Waals surface area contributed by atoms with Crippen LogP contribution in [0.25, 0.3) is 0 Å². The van der Waals surface area contributed by atoms with Crippen molar-refractivity contribution in [3.05, 3.63) is 65.2 Å². The number of amides is 1. The summed E-state index contributed by atoms with van der Waals surface area (Å²) in [5.41, 5.74) is 3.20. The number of aryl methyl sites for hydroxylation is 2. The van der Waals surface area contributed by atoms with Crippen molar-refractivity contribution in [2.75, 3.05) is 0 Å². The van der Waals surface area contributed by atoms with E-state index in [1.165, 1.54) is 5.56 Å². The van der Waals surface area contributed by atoms with Crippen LogP contribution in [0.15, 0.2) is 53.4 Å². The molecule has 0 radical (unpaired) electrons. The molecule has 0 unspecified atom stereocenters. The number of carbonyl (C=O) groups is 1. The molecule has 1 aliphatic carbocycles. The van der Waals surface area contributed by atoms with Gasteiger partial charge in [0, 0.05) is 0 Å². The van der Waals surface area contributed by atoms with E-state index in [2.05, 4.69) is 12.2 Å². The zero-order valence-electron chi connectivity index (χ0n) is 16.2. The van der Waals surface area contributed by atoms with Crippen LogP contribution in [0.5, 0.6) is 0 Å². The van der Waals surface area contributed by atoms with Crippen molar-refractivity contribution >= 4 is 15.7 Å². The van der Waals surface area contributed by atoms with Crippen molar-refractivity contribution < 1.29 is 13.2 Å². The number of nitrogens with one attached hydrogen (secondary N) is 1. The monoisotopic (exact) mass is 385 g/mol. The second kappa shape index (κ2) is 7.47. The van der Waals surface area contributed by atoms with Gasteiger partial charge in [-0.15, -0.1) is 0 Å². The van der Waals surface area contributed by atoms with Gasteiger partial charge in [0.05, 0.1) is 10.9 Å². The molecule has 1 N–H and O–H groups in total. The number of sulfone groups is 1. The van der Waals surface area contributed by atoms with Crippen LogP contribution in [0.3, 0.4) is 0 Å². The van der Waals surface area contributed by atoms with Gasteiger partial charge in [0.25, 0.3) is 0 Å². The summed E-state index contributed by atoms with van der Waals surface area (Å²) < 4.78 is 25.1. The van der Waals surface area contributed by atoms with E-state index in [0.717, 1.165) is 24.0 Å². The van der Waals surface area contributed by atoms with E-state index in [0.29, 0.717) is 12.8 Å². The molecule has 1 fully saturated rings. The van der Waals surface area contributed by atoms with Gasteiger partial charge in [-0.1, -0.05) is 48.9 Å². The fourth-order valence-electron chi connectivity index (χ4n) is 3.51. The Kier molecular flexibility index (Phi) is 5.43. The molecule has 3 rings (SSSR count). The van der Waals surface area contributed by atoms with Gasteiger partial charge in [-0.2, -0.15) is 0 Å². The lowest BCUT2D eigenvalue weighted by molar-refractivity contribution is -0.126. The zero-order valence-corrected chi connectivity index (χ0v) is 17.0. The molecule has 4 nitrogen and oxygen atoms in total. The molecule has 144 valence electrons. The number of rotatable bonds is 6. The lowest BCUT2D eigenvalue weighted by atomic mass is 9.83. The van der Waals surface area contributed by atoms with E-state index < -0.39 is 14.6 Å². The zero-order chi connectivity index (χ0) is 19.7. The number of carbonyl (C=O) groups excluding carboxylic acids is 1. The van der Waals surface area contributed by atoms with Crippen LogP contribution in [0.4, 0.5) is 0 Å². The van der Waals surface area contributed by atoms with Crippen LogP contribution in [-0.2, 0) is 21.1 Å². The predicted octanol–water partition coefficient (Wildman–Crippen LogP) is 4.13. The largest absolute Gasteiger partial charge is 0.348 e. The number of hydrogen-bond acceptors (Lipinski definition) is 3. The van der Waals surface area contributed by atoms with Crippen molar-refractivity contribution in [2.24, 2.45) is 0 Å². The van der Waals surface area contributed by atoms with Gasteiger partial charge in [-0.3, -0.25) is 4.79 Å². The van der Waals surface area contributed by atoms with Gasteiger partial charge in [0.1, 0.15) is 0 Å². The Hall–Kier alpha value is -2.14. The minimum Gasteiger partial charge on any atom is -0.348 e. The van der Waals surface area contributed by atoms with Crippen LogP contribution in [0.1, 0.15) is 55.8 Å². The van der Waals surface area contributed by atoms with Crippen molar-refractivity contribution in [1.29, 1.82) is 0 Å².